The first-order valence-corrected chi connectivity index (χ1v) is 14.7. The molecule has 6 nitrogen and oxygen atoms in total. The van der Waals surface area contributed by atoms with Crippen LogP contribution in [0.15, 0.2) is 73.0 Å². The minimum absolute atomic E-state index is 0.151. The Morgan fingerprint density at radius 2 is 1.82 bits per heavy atom. The normalized spacial score (nSPS) is 15.8. The monoisotopic (exact) mass is 643 g/mol. The van der Waals surface area contributed by atoms with Gasteiger partial charge in [-0.25, -0.2) is 4.79 Å². The molecule has 1 heterocycles. The molecule has 1 aliphatic rings. The van der Waals surface area contributed by atoms with Crippen molar-refractivity contribution in [1.82, 2.24) is 0 Å². The zero-order chi connectivity index (χ0) is 27.7. The Balaban J connectivity index is 1.55. The summed E-state index contributed by atoms with van der Waals surface area (Å²) in [6, 6.07) is 20.2. The minimum atomic E-state index is -0.613. The first-order valence-electron chi connectivity index (χ1n) is 13.6. The molecule has 0 aromatic heterocycles. The van der Waals surface area contributed by atoms with Gasteiger partial charge in [-0.05, 0) is 80.7 Å². The molecule has 3 aromatic carbocycles. The molecular weight excluding hydrogens is 605 g/mol. The maximum Gasteiger partial charge on any atom is 0.414 e. The van der Waals surface area contributed by atoms with Crippen molar-refractivity contribution < 1.29 is 23.7 Å². The van der Waals surface area contributed by atoms with Gasteiger partial charge in [-0.1, -0.05) is 54.6 Å². The van der Waals surface area contributed by atoms with Crippen LogP contribution in [0.1, 0.15) is 58.4 Å². The van der Waals surface area contributed by atoms with Gasteiger partial charge in [-0.2, -0.15) is 0 Å². The lowest BCUT2D eigenvalue weighted by molar-refractivity contribution is -0.129. The number of ether oxygens (including phenoxy) is 4. The molecule has 0 aliphatic carbocycles. The minimum Gasteiger partial charge on any atom is -0.488 e. The van der Waals surface area contributed by atoms with Crippen LogP contribution >= 0.6 is 22.6 Å². The third kappa shape index (κ3) is 8.60. The van der Waals surface area contributed by atoms with Gasteiger partial charge < -0.3 is 18.9 Å². The van der Waals surface area contributed by atoms with Crippen LogP contribution in [-0.2, 0) is 20.8 Å². The average Bonchev–Trinajstić information content (AvgIpc) is 2.93. The number of benzene rings is 3. The number of carbonyl (C=O) groups excluding carboxylic acids is 1. The van der Waals surface area contributed by atoms with Gasteiger partial charge in [-0.3, -0.25) is 4.90 Å². The topological polar surface area (TPSA) is 57.2 Å². The maximum absolute atomic E-state index is 13.5. The van der Waals surface area contributed by atoms with Crippen molar-refractivity contribution in [2.24, 2.45) is 0 Å². The molecule has 0 spiro atoms. The molecule has 0 saturated carbocycles. The molecule has 39 heavy (non-hydrogen) atoms. The van der Waals surface area contributed by atoms with Crippen LogP contribution in [0.4, 0.5) is 10.5 Å². The van der Waals surface area contributed by atoms with Crippen LogP contribution < -0.4 is 9.64 Å². The van der Waals surface area contributed by atoms with Gasteiger partial charge in [0.05, 0.1) is 18.6 Å². The zero-order valence-corrected chi connectivity index (χ0v) is 25.2. The Bertz CT molecular complexity index is 1250. The highest BCUT2D eigenvalue weighted by Crippen LogP contribution is 2.38. The van der Waals surface area contributed by atoms with E-state index in [1.165, 1.54) is 0 Å². The van der Waals surface area contributed by atoms with Crippen LogP contribution in [0.25, 0.3) is 10.8 Å². The fourth-order valence-corrected chi connectivity index (χ4v) is 5.29. The number of hydrogen-bond acceptors (Lipinski definition) is 5. The largest absolute Gasteiger partial charge is 0.488 e. The third-order valence-electron chi connectivity index (χ3n) is 6.28. The summed E-state index contributed by atoms with van der Waals surface area (Å²) in [5.41, 5.74) is 1.25. The molecule has 0 N–H and O–H groups in total. The standard InChI is InChI=1S/C32H38INO5/c1-32(2,3)39-31(35)34(19-11-5-12-20-36-29-18-10-13-21-37-29)27-22-28(38-23-24-14-6-4-7-15-24)25-16-8-9-17-26(25)30(27)33/h4,6-9,12,14-17,20,22,29H,5,10-11,13,18-19,21,23H2,1-3H3/b20-12+. The second kappa shape index (κ2) is 14.0. The molecule has 0 bridgehead atoms. The highest BCUT2D eigenvalue weighted by Gasteiger charge is 2.26. The summed E-state index contributed by atoms with van der Waals surface area (Å²) in [4.78, 5) is 15.2. The first kappa shape index (κ1) is 29.2. The van der Waals surface area contributed by atoms with E-state index in [0.29, 0.717) is 13.2 Å². The number of allylic oxidation sites excluding steroid dienone is 1. The molecule has 1 atom stereocenters. The van der Waals surface area contributed by atoms with Crippen LogP contribution in [0.2, 0.25) is 0 Å². The lowest BCUT2D eigenvalue weighted by atomic mass is 10.1. The van der Waals surface area contributed by atoms with E-state index in [0.717, 1.165) is 70.1 Å². The van der Waals surface area contributed by atoms with E-state index in [1.54, 1.807) is 11.2 Å². The van der Waals surface area contributed by atoms with Gasteiger partial charge in [0.1, 0.15) is 18.0 Å². The average molecular weight is 644 g/mol. The number of fused-ring (bicyclic) bond motifs is 1. The van der Waals surface area contributed by atoms with Crippen molar-refractivity contribution in [2.45, 2.75) is 71.4 Å². The summed E-state index contributed by atoms with van der Waals surface area (Å²) in [5, 5.41) is 2.05. The summed E-state index contributed by atoms with van der Waals surface area (Å²) in [6.07, 6.45) is 7.84. The van der Waals surface area contributed by atoms with Crippen molar-refractivity contribution in [3.8, 4) is 5.75 Å². The Morgan fingerprint density at radius 1 is 1.08 bits per heavy atom. The van der Waals surface area contributed by atoms with Gasteiger partial charge in [0.2, 0.25) is 0 Å². The molecule has 7 heteroatoms. The van der Waals surface area contributed by atoms with E-state index in [1.807, 2.05) is 75.4 Å². The van der Waals surface area contributed by atoms with E-state index in [4.69, 9.17) is 18.9 Å². The van der Waals surface area contributed by atoms with Crippen LogP contribution in [0, 0.1) is 3.57 Å². The number of rotatable bonds is 10. The Morgan fingerprint density at radius 3 is 2.54 bits per heavy atom. The SMILES string of the molecule is CC(C)(C)OC(=O)N(CCC/C=C/OC1CCCCO1)c1cc(OCc2ccccc2)c2ccccc2c1I. The number of anilines is 1. The number of halogens is 1. The summed E-state index contributed by atoms with van der Waals surface area (Å²) >= 11 is 2.33. The fourth-order valence-electron chi connectivity index (χ4n) is 4.37. The highest BCUT2D eigenvalue weighted by molar-refractivity contribution is 14.1. The molecule has 1 unspecified atom stereocenters. The molecule has 3 aromatic rings. The van der Waals surface area contributed by atoms with Crippen molar-refractivity contribution in [2.75, 3.05) is 18.1 Å². The van der Waals surface area contributed by atoms with Crippen molar-refractivity contribution in [1.29, 1.82) is 0 Å². The second-order valence-electron chi connectivity index (χ2n) is 10.6. The third-order valence-corrected chi connectivity index (χ3v) is 7.41. The van der Waals surface area contributed by atoms with Crippen molar-refractivity contribution in [3.05, 3.63) is 82.1 Å². The molecule has 1 fully saturated rings. The Labute approximate surface area is 245 Å². The fraction of sp³-hybridized carbons (Fsp3) is 0.406. The van der Waals surface area contributed by atoms with Crippen molar-refractivity contribution >= 4 is 45.1 Å². The first-order chi connectivity index (χ1) is 18.8. The smallest absolute Gasteiger partial charge is 0.414 e. The maximum atomic E-state index is 13.5. The molecule has 208 valence electrons. The van der Waals surface area contributed by atoms with E-state index in [-0.39, 0.29) is 12.4 Å². The molecule has 1 amide bonds. The lowest BCUT2D eigenvalue weighted by Gasteiger charge is -2.29. The summed E-state index contributed by atoms with van der Waals surface area (Å²) in [5.74, 6) is 0.735. The second-order valence-corrected chi connectivity index (χ2v) is 11.7. The predicted molar refractivity (Wildman–Crippen MR) is 164 cm³/mol. The number of amides is 1. The van der Waals surface area contributed by atoms with Gasteiger partial charge in [0.25, 0.3) is 0 Å². The van der Waals surface area contributed by atoms with E-state index < -0.39 is 5.60 Å². The lowest BCUT2D eigenvalue weighted by Crippen LogP contribution is -2.38. The van der Waals surface area contributed by atoms with Gasteiger partial charge in [-0.15, -0.1) is 0 Å². The van der Waals surface area contributed by atoms with Crippen LogP contribution in [-0.4, -0.2) is 31.1 Å². The van der Waals surface area contributed by atoms with Crippen molar-refractivity contribution in [3.63, 3.8) is 0 Å². The van der Waals surface area contributed by atoms with E-state index >= 15 is 0 Å². The molecule has 1 saturated heterocycles. The van der Waals surface area contributed by atoms with Crippen LogP contribution in [0.5, 0.6) is 5.75 Å². The van der Waals surface area contributed by atoms with E-state index in [9.17, 15) is 4.79 Å². The van der Waals surface area contributed by atoms with Gasteiger partial charge in [0, 0.05) is 33.4 Å². The number of nitrogens with zero attached hydrogens (tertiary/aromatic N) is 1. The zero-order valence-electron chi connectivity index (χ0n) is 23.0. The summed E-state index contributed by atoms with van der Waals surface area (Å²) in [6.45, 7) is 7.34. The van der Waals surface area contributed by atoms with Gasteiger partial charge >= 0.3 is 6.09 Å². The Hall–Kier alpha value is -2.78. The number of carbonyl (C=O) groups is 1. The number of hydrogen-bond donors (Lipinski definition) is 0. The quantitative estimate of drug-likeness (QED) is 0.126. The molecular formula is C32H38INO5. The Kier molecular flexibility index (Phi) is 10.5. The summed E-state index contributed by atoms with van der Waals surface area (Å²) in [7, 11) is 0. The summed E-state index contributed by atoms with van der Waals surface area (Å²) < 4.78 is 24.5. The van der Waals surface area contributed by atoms with Crippen LogP contribution in [0.3, 0.4) is 0 Å². The molecule has 0 radical (unpaired) electrons. The highest BCUT2D eigenvalue weighted by atomic mass is 127. The van der Waals surface area contributed by atoms with Gasteiger partial charge in [0.15, 0.2) is 6.29 Å². The number of unbranched alkanes of at least 4 members (excludes halogenated alkanes) is 1. The molecule has 4 rings (SSSR count). The van der Waals surface area contributed by atoms with E-state index in [2.05, 4.69) is 34.7 Å². The predicted octanol–water partition coefficient (Wildman–Crippen LogP) is 8.60. The molecule has 1 aliphatic heterocycles.